The molecule has 1 unspecified atom stereocenters. The topological polar surface area (TPSA) is 114 Å². The minimum atomic E-state index is -0.699. The van der Waals surface area contributed by atoms with Crippen LogP contribution in [0.15, 0.2) is 36.4 Å². The normalized spacial score (nSPS) is 11.3. The highest BCUT2D eigenvalue weighted by molar-refractivity contribution is 5.87. The van der Waals surface area contributed by atoms with Crippen LogP contribution in [0.25, 0.3) is 10.8 Å². The summed E-state index contributed by atoms with van der Waals surface area (Å²) in [5.41, 5.74) is 0.720. The Morgan fingerprint density at radius 3 is 2.03 bits per heavy atom. The molecule has 0 saturated heterocycles. The fraction of sp³-hybridized carbons (Fsp3) is 0.333. The Morgan fingerprint density at radius 2 is 1.37 bits per heavy atom. The molecule has 9 nitrogen and oxygen atoms in total. The molecule has 0 fully saturated rings. The molecule has 0 amide bonds. The van der Waals surface area contributed by atoms with Crippen LogP contribution in [0.4, 0.5) is 0 Å². The summed E-state index contributed by atoms with van der Waals surface area (Å²) in [6.07, 6.45) is 0. The summed E-state index contributed by atoms with van der Waals surface area (Å²) < 4.78 is 23.8. The van der Waals surface area contributed by atoms with Gasteiger partial charge < -0.3 is 23.7 Å². The van der Waals surface area contributed by atoms with E-state index in [9.17, 15) is 19.2 Å². The van der Waals surface area contributed by atoms with Gasteiger partial charge >= 0.3 is 23.9 Å². The Hall–Kier alpha value is -3.62. The Labute approximate surface area is 172 Å². The molecule has 2 aromatic carbocycles. The van der Waals surface area contributed by atoms with E-state index in [0.717, 1.165) is 16.3 Å². The minimum absolute atomic E-state index is 0.357. The van der Waals surface area contributed by atoms with E-state index in [0.29, 0.717) is 5.75 Å². The molecular weight excluding hydrogens is 396 g/mol. The number of ether oxygens (including phenoxy) is 5. The van der Waals surface area contributed by atoms with Crippen LogP contribution in [0.2, 0.25) is 0 Å². The summed E-state index contributed by atoms with van der Waals surface area (Å²) >= 11 is 0. The second-order valence-electron chi connectivity index (χ2n) is 6.20. The molecule has 2 aromatic rings. The summed E-state index contributed by atoms with van der Waals surface area (Å²) in [5, 5.41) is 1.68. The van der Waals surface area contributed by atoms with E-state index in [1.807, 2.05) is 6.07 Å². The first-order chi connectivity index (χ1) is 14.3. The van der Waals surface area contributed by atoms with Crippen molar-refractivity contribution in [2.45, 2.75) is 12.8 Å². The van der Waals surface area contributed by atoms with Crippen LogP contribution in [-0.4, -0.2) is 57.9 Å². The van der Waals surface area contributed by atoms with Crippen molar-refractivity contribution in [3.63, 3.8) is 0 Å². The van der Waals surface area contributed by atoms with Crippen LogP contribution < -0.4 is 4.74 Å². The third-order valence-corrected chi connectivity index (χ3v) is 4.18. The van der Waals surface area contributed by atoms with Crippen molar-refractivity contribution in [2.75, 3.05) is 34.0 Å². The lowest BCUT2D eigenvalue weighted by Gasteiger charge is -2.13. The molecule has 0 bridgehead atoms. The molecule has 30 heavy (non-hydrogen) atoms. The van der Waals surface area contributed by atoms with E-state index in [-0.39, 0.29) is 6.61 Å². The number of fused-ring (bicyclic) bond motifs is 1. The maximum Gasteiger partial charge on any atom is 0.344 e. The third-order valence-electron chi connectivity index (χ3n) is 4.18. The van der Waals surface area contributed by atoms with Gasteiger partial charge in [-0.3, -0.25) is 4.79 Å². The summed E-state index contributed by atoms with van der Waals surface area (Å²) in [6.45, 7) is 0.414. The number of hydrogen-bond acceptors (Lipinski definition) is 9. The molecule has 0 saturated carbocycles. The van der Waals surface area contributed by atoms with Gasteiger partial charge in [-0.05, 0) is 35.4 Å². The van der Waals surface area contributed by atoms with Gasteiger partial charge in [-0.1, -0.05) is 24.3 Å². The highest BCUT2D eigenvalue weighted by atomic mass is 16.6. The zero-order valence-electron chi connectivity index (χ0n) is 16.8. The van der Waals surface area contributed by atoms with E-state index in [2.05, 4.69) is 9.47 Å². The van der Waals surface area contributed by atoms with Crippen LogP contribution in [0.3, 0.4) is 0 Å². The molecule has 0 aliphatic carbocycles. The van der Waals surface area contributed by atoms with E-state index >= 15 is 0 Å². The number of methoxy groups -OCH3 is 2. The largest absolute Gasteiger partial charge is 0.482 e. The van der Waals surface area contributed by atoms with Crippen LogP contribution in [0, 0.1) is 0 Å². The maximum atomic E-state index is 12.1. The average Bonchev–Trinajstić information content (AvgIpc) is 2.78. The standard InChI is InChI=1S/C21H22O9/c1-13(21(25)30-11-19(23)27-3)14-4-5-16-9-17(7-6-15(16)8-14)28-12-20(24)29-10-18(22)26-2/h4-9,13H,10-12H2,1-3H3. The second-order valence-corrected chi connectivity index (χ2v) is 6.20. The first kappa shape index (κ1) is 22.7. The predicted molar refractivity (Wildman–Crippen MR) is 104 cm³/mol. The van der Waals surface area contributed by atoms with E-state index in [1.165, 1.54) is 14.2 Å². The monoisotopic (exact) mass is 418 g/mol. The first-order valence-corrected chi connectivity index (χ1v) is 8.96. The summed E-state index contributed by atoms with van der Waals surface area (Å²) in [5.74, 6) is -2.65. The van der Waals surface area contributed by atoms with Crippen molar-refractivity contribution in [3.8, 4) is 5.75 Å². The van der Waals surface area contributed by atoms with Gasteiger partial charge in [0.2, 0.25) is 0 Å². The van der Waals surface area contributed by atoms with E-state index in [4.69, 9.17) is 14.2 Å². The second kappa shape index (κ2) is 10.8. The highest BCUT2D eigenvalue weighted by Crippen LogP contribution is 2.26. The number of benzene rings is 2. The minimum Gasteiger partial charge on any atom is -0.482 e. The van der Waals surface area contributed by atoms with E-state index in [1.54, 1.807) is 37.3 Å². The molecule has 0 N–H and O–H groups in total. The maximum absolute atomic E-state index is 12.1. The average molecular weight is 418 g/mol. The quantitative estimate of drug-likeness (QED) is 0.444. The van der Waals surface area contributed by atoms with Crippen molar-refractivity contribution in [1.82, 2.24) is 0 Å². The lowest BCUT2D eigenvalue weighted by molar-refractivity contribution is -0.158. The highest BCUT2D eigenvalue weighted by Gasteiger charge is 2.18. The van der Waals surface area contributed by atoms with Crippen LogP contribution in [0.5, 0.6) is 5.75 Å². The summed E-state index contributed by atoms with van der Waals surface area (Å²) in [7, 11) is 2.41. The van der Waals surface area contributed by atoms with Gasteiger partial charge in [-0.25, -0.2) is 14.4 Å². The smallest absolute Gasteiger partial charge is 0.344 e. The molecule has 9 heteroatoms. The molecular formula is C21H22O9. The van der Waals surface area contributed by atoms with Crippen LogP contribution in [-0.2, 0) is 38.1 Å². The molecule has 160 valence electrons. The lowest BCUT2D eigenvalue weighted by Crippen LogP contribution is -2.20. The van der Waals surface area contributed by atoms with Crippen molar-refractivity contribution in [1.29, 1.82) is 0 Å². The van der Waals surface area contributed by atoms with E-state index < -0.39 is 43.0 Å². The zero-order chi connectivity index (χ0) is 22.1. The number of carbonyl (C=O) groups is 4. The van der Waals surface area contributed by atoms with Crippen LogP contribution in [0.1, 0.15) is 18.4 Å². The van der Waals surface area contributed by atoms with Gasteiger partial charge in [0.15, 0.2) is 19.8 Å². The van der Waals surface area contributed by atoms with Gasteiger partial charge in [0.05, 0.1) is 20.1 Å². The molecule has 1 atom stereocenters. The fourth-order valence-electron chi connectivity index (χ4n) is 2.43. The molecule has 0 spiro atoms. The fourth-order valence-corrected chi connectivity index (χ4v) is 2.43. The first-order valence-electron chi connectivity index (χ1n) is 8.96. The molecule has 0 aliphatic rings. The van der Waals surface area contributed by atoms with Crippen molar-refractivity contribution < 1.29 is 42.9 Å². The zero-order valence-corrected chi connectivity index (χ0v) is 16.8. The Morgan fingerprint density at radius 1 is 0.767 bits per heavy atom. The van der Waals surface area contributed by atoms with Gasteiger partial charge in [0, 0.05) is 0 Å². The Balaban J connectivity index is 1.98. The van der Waals surface area contributed by atoms with Crippen molar-refractivity contribution in [2.24, 2.45) is 0 Å². The number of hydrogen-bond donors (Lipinski definition) is 0. The number of carbonyl (C=O) groups excluding carboxylic acids is 4. The molecule has 0 aliphatic heterocycles. The molecule has 0 heterocycles. The summed E-state index contributed by atoms with van der Waals surface area (Å²) in [6, 6.07) is 10.6. The third kappa shape index (κ3) is 6.47. The van der Waals surface area contributed by atoms with Crippen LogP contribution >= 0.6 is 0 Å². The number of esters is 4. The van der Waals surface area contributed by atoms with Gasteiger partial charge in [-0.15, -0.1) is 0 Å². The SMILES string of the molecule is COC(=O)COC(=O)COc1ccc2cc(C(C)C(=O)OCC(=O)OC)ccc2c1. The summed E-state index contributed by atoms with van der Waals surface area (Å²) in [4.78, 5) is 45.7. The van der Waals surface area contributed by atoms with Gasteiger partial charge in [0.1, 0.15) is 5.75 Å². The Kier molecular flexibility index (Phi) is 8.16. The molecule has 0 aromatic heterocycles. The van der Waals surface area contributed by atoms with Gasteiger partial charge in [0.25, 0.3) is 0 Å². The Bertz CT molecular complexity index is 935. The molecule has 0 radical (unpaired) electrons. The van der Waals surface area contributed by atoms with Crippen molar-refractivity contribution in [3.05, 3.63) is 42.0 Å². The predicted octanol–water partition coefficient (Wildman–Crippen LogP) is 1.75. The van der Waals surface area contributed by atoms with Gasteiger partial charge in [-0.2, -0.15) is 0 Å². The number of rotatable bonds is 9. The molecule has 2 rings (SSSR count). The lowest BCUT2D eigenvalue weighted by atomic mass is 9.98. The van der Waals surface area contributed by atoms with Crippen molar-refractivity contribution >= 4 is 34.6 Å².